The van der Waals surface area contributed by atoms with Gasteiger partial charge < -0.3 is 26.2 Å². The van der Waals surface area contributed by atoms with Gasteiger partial charge in [-0.15, -0.1) is 0 Å². The average molecular weight is 312 g/mol. The van der Waals surface area contributed by atoms with Gasteiger partial charge in [0.15, 0.2) is 0 Å². The monoisotopic (exact) mass is 311 g/mol. The van der Waals surface area contributed by atoms with Crippen LogP contribution in [0.25, 0.3) is 0 Å². The summed E-state index contributed by atoms with van der Waals surface area (Å²) in [7, 11) is 0. The number of aliphatic hydroxyl groups is 4. The van der Waals surface area contributed by atoms with E-state index in [0.29, 0.717) is 26.4 Å². The van der Waals surface area contributed by atoms with Crippen molar-refractivity contribution in [2.45, 2.75) is 72.1 Å². The summed E-state index contributed by atoms with van der Waals surface area (Å²) in [5.74, 6) is 0. The van der Waals surface area contributed by atoms with Crippen molar-refractivity contribution in [1.82, 2.24) is 0 Å². The van der Waals surface area contributed by atoms with Gasteiger partial charge in [-0.2, -0.15) is 0 Å². The Morgan fingerprint density at radius 2 is 0.810 bits per heavy atom. The number of hydrogen-bond acceptors (Lipinski definition) is 5. The second-order valence-electron chi connectivity index (χ2n) is 4.45. The van der Waals surface area contributed by atoms with Gasteiger partial charge in [-0.05, 0) is 38.6 Å². The first-order chi connectivity index (χ1) is 10.2. The molecule has 0 atom stereocenters. The van der Waals surface area contributed by atoms with Crippen molar-refractivity contribution in [3.05, 3.63) is 0 Å². The summed E-state index contributed by atoms with van der Waals surface area (Å²) in [5.41, 5.74) is 5.10. The number of aliphatic hydroxyl groups excluding tert-OH is 4. The van der Waals surface area contributed by atoms with Gasteiger partial charge >= 0.3 is 0 Å². The average Bonchev–Trinajstić information content (AvgIpc) is 2.49. The molecule has 21 heavy (non-hydrogen) atoms. The molecule has 0 aliphatic carbocycles. The van der Waals surface area contributed by atoms with Gasteiger partial charge in [0.1, 0.15) is 0 Å². The normalized spacial score (nSPS) is 8.57. The third kappa shape index (κ3) is 81.0. The fraction of sp³-hybridized carbons (Fsp3) is 1.00. The molecule has 5 nitrogen and oxygen atoms in total. The van der Waals surface area contributed by atoms with E-state index in [2.05, 4.69) is 20.8 Å². The van der Waals surface area contributed by atoms with Gasteiger partial charge in [0.2, 0.25) is 0 Å². The SMILES string of the molecule is CCCCO.CCCCO.CCCCO.NCCCCO. The Labute approximate surface area is 132 Å². The minimum atomic E-state index is 0.275. The Morgan fingerprint density at radius 1 is 0.524 bits per heavy atom. The molecule has 0 aromatic carbocycles. The Kier molecular flexibility index (Phi) is 58.8. The second-order valence-corrected chi connectivity index (χ2v) is 4.45. The maximum Gasteiger partial charge on any atom is 0.0431 e. The molecule has 0 bridgehead atoms. The fourth-order valence-electron chi connectivity index (χ4n) is 0.730. The van der Waals surface area contributed by atoms with Gasteiger partial charge in [-0.1, -0.05) is 40.0 Å². The largest absolute Gasteiger partial charge is 0.396 e. The second kappa shape index (κ2) is 42.7. The van der Waals surface area contributed by atoms with Crippen molar-refractivity contribution in [3.63, 3.8) is 0 Å². The molecule has 0 aromatic heterocycles. The predicted molar refractivity (Wildman–Crippen MR) is 91.4 cm³/mol. The molecule has 134 valence electrons. The van der Waals surface area contributed by atoms with E-state index in [4.69, 9.17) is 26.2 Å². The molecule has 0 fully saturated rings. The predicted octanol–water partition coefficient (Wildman–Crippen LogP) is 2.05. The lowest BCUT2D eigenvalue weighted by molar-refractivity contribution is 0.285. The van der Waals surface area contributed by atoms with Crippen LogP contribution >= 0.6 is 0 Å². The van der Waals surface area contributed by atoms with Crippen molar-refractivity contribution in [3.8, 4) is 0 Å². The van der Waals surface area contributed by atoms with E-state index in [0.717, 1.165) is 51.4 Å². The van der Waals surface area contributed by atoms with Crippen LogP contribution < -0.4 is 5.73 Å². The molecule has 0 amide bonds. The molecule has 0 aromatic rings. The molecule has 0 rings (SSSR count). The zero-order valence-electron chi connectivity index (χ0n) is 14.6. The molecule has 6 N–H and O–H groups in total. The maximum absolute atomic E-state index is 8.14. The molecule has 0 radical (unpaired) electrons. The van der Waals surface area contributed by atoms with E-state index in [1.807, 2.05) is 0 Å². The molecule has 0 aliphatic rings. The molecule has 0 heterocycles. The minimum Gasteiger partial charge on any atom is -0.396 e. The highest BCUT2D eigenvalue weighted by Crippen LogP contribution is 1.80. The molecule has 0 aliphatic heterocycles. The zero-order chi connectivity index (χ0) is 17.2. The Hall–Kier alpha value is -0.200. The van der Waals surface area contributed by atoms with Gasteiger partial charge in [0, 0.05) is 26.4 Å². The maximum atomic E-state index is 8.14. The van der Waals surface area contributed by atoms with Gasteiger partial charge in [0.25, 0.3) is 0 Å². The van der Waals surface area contributed by atoms with Crippen molar-refractivity contribution in [2.75, 3.05) is 33.0 Å². The van der Waals surface area contributed by atoms with Crippen LogP contribution in [0.5, 0.6) is 0 Å². The van der Waals surface area contributed by atoms with Crippen molar-refractivity contribution < 1.29 is 20.4 Å². The van der Waals surface area contributed by atoms with Crippen LogP contribution in [-0.4, -0.2) is 53.4 Å². The molecular weight excluding hydrogens is 270 g/mol. The standard InChI is InChI=1S/C4H11NO.3C4H10O/c5-3-1-2-4-6;3*1-2-3-4-5/h6H,1-5H2;3*5H,2-4H2,1H3. The van der Waals surface area contributed by atoms with Crippen LogP contribution in [0.15, 0.2) is 0 Å². The summed E-state index contributed by atoms with van der Waals surface area (Å²) in [4.78, 5) is 0. The highest BCUT2D eigenvalue weighted by Gasteiger charge is 1.76. The van der Waals surface area contributed by atoms with Gasteiger partial charge in [-0.3, -0.25) is 0 Å². The molecule has 0 saturated carbocycles. The van der Waals surface area contributed by atoms with Crippen LogP contribution in [-0.2, 0) is 0 Å². The molecule has 0 saturated heterocycles. The first-order valence-corrected chi connectivity index (χ1v) is 8.29. The molecule has 0 unspecified atom stereocenters. The number of hydrogen-bond donors (Lipinski definition) is 5. The quantitative estimate of drug-likeness (QED) is 0.419. The van der Waals surface area contributed by atoms with E-state index < -0.39 is 0 Å². The number of unbranched alkanes of at least 4 members (excludes halogenated alkanes) is 4. The smallest absolute Gasteiger partial charge is 0.0431 e. The first kappa shape index (κ1) is 28.9. The van der Waals surface area contributed by atoms with Crippen LogP contribution in [0, 0.1) is 0 Å². The molecule has 0 spiro atoms. The van der Waals surface area contributed by atoms with E-state index in [9.17, 15) is 0 Å². The van der Waals surface area contributed by atoms with Crippen LogP contribution in [0.2, 0.25) is 0 Å². The fourth-order valence-corrected chi connectivity index (χ4v) is 0.730. The van der Waals surface area contributed by atoms with Gasteiger partial charge in [-0.25, -0.2) is 0 Å². The van der Waals surface area contributed by atoms with Crippen LogP contribution in [0.3, 0.4) is 0 Å². The number of nitrogens with two attached hydrogens (primary N) is 1. The van der Waals surface area contributed by atoms with E-state index in [-0.39, 0.29) is 6.61 Å². The van der Waals surface area contributed by atoms with Crippen molar-refractivity contribution in [1.29, 1.82) is 0 Å². The van der Waals surface area contributed by atoms with Crippen LogP contribution in [0.1, 0.15) is 72.1 Å². The van der Waals surface area contributed by atoms with Crippen molar-refractivity contribution >= 4 is 0 Å². The van der Waals surface area contributed by atoms with Crippen LogP contribution in [0.4, 0.5) is 0 Å². The Bertz CT molecular complexity index is 92.2. The minimum absolute atomic E-state index is 0.275. The van der Waals surface area contributed by atoms with E-state index >= 15 is 0 Å². The molecular formula is C16H41NO4. The van der Waals surface area contributed by atoms with Crippen molar-refractivity contribution in [2.24, 2.45) is 5.73 Å². The van der Waals surface area contributed by atoms with E-state index in [1.54, 1.807) is 0 Å². The summed E-state index contributed by atoms with van der Waals surface area (Å²) in [6, 6.07) is 0. The molecule has 5 heteroatoms. The lowest BCUT2D eigenvalue weighted by Crippen LogP contribution is -1.98. The summed E-state index contributed by atoms with van der Waals surface area (Å²) in [6.07, 6.45) is 7.90. The lowest BCUT2D eigenvalue weighted by Gasteiger charge is -1.86. The highest BCUT2D eigenvalue weighted by atomic mass is 16.3. The highest BCUT2D eigenvalue weighted by molar-refractivity contribution is 4.34. The number of rotatable bonds is 9. The Balaban J connectivity index is -0.0000000921. The van der Waals surface area contributed by atoms with Gasteiger partial charge in [0.05, 0.1) is 0 Å². The summed E-state index contributed by atoms with van der Waals surface area (Å²) < 4.78 is 0. The zero-order valence-corrected chi connectivity index (χ0v) is 14.6. The first-order valence-electron chi connectivity index (χ1n) is 8.29. The summed E-state index contributed by atoms with van der Waals surface area (Å²) in [5, 5.41) is 32.3. The lowest BCUT2D eigenvalue weighted by atomic mass is 10.3. The summed E-state index contributed by atoms with van der Waals surface area (Å²) in [6.45, 7) is 8.16. The summed E-state index contributed by atoms with van der Waals surface area (Å²) >= 11 is 0. The third-order valence-electron chi connectivity index (χ3n) is 2.15. The van der Waals surface area contributed by atoms with E-state index in [1.165, 1.54) is 0 Å². The topological polar surface area (TPSA) is 107 Å². The third-order valence-corrected chi connectivity index (χ3v) is 2.15. The Morgan fingerprint density at radius 3 is 0.857 bits per heavy atom.